The van der Waals surface area contributed by atoms with Crippen molar-refractivity contribution in [2.24, 2.45) is 17.1 Å². The van der Waals surface area contributed by atoms with Gasteiger partial charge in [-0.3, -0.25) is 0 Å². The number of benzene rings is 1. The molecule has 0 aliphatic carbocycles. The molecular weight excluding hydrogens is 260 g/mol. The third kappa shape index (κ3) is 4.45. The topological polar surface area (TPSA) is 38.5 Å². The Morgan fingerprint density at radius 3 is 2.52 bits per heavy atom. The van der Waals surface area contributed by atoms with Gasteiger partial charge >= 0.3 is 0 Å². The Morgan fingerprint density at radius 2 is 1.95 bits per heavy atom. The second-order valence-electron chi connectivity index (χ2n) is 7.32. The zero-order valence-electron chi connectivity index (χ0n) is 13.9. The van der Waals surface area contributed by atoms with Gasteiger partial charge in [0.1, 0.15) is 5.75 Å². The molecule has 1 aliphatic heterocycles. The predicted molar refractivity (Wildman–Crippen MR) is 88.5 cm³/mol. The SMILES string of the molecule is COc1cccc(C(N)CN2CCC(C(C)(C)C)CC2)c1. The highest BCUT2D eigenvalue weighted by atomic mass is 16.5. The number of nitrogens with zero attached hydrogens (tertiary/aromatic N) is 1. The monoisotopic (exact) mass is 290 g/mol. The van der Waals surface area contributed by atoms with Crippen LogP contribution in [-0.4, -0.2) is 31.6 Å². The summed E-state index contributed by atoms with van der Waals surface area (Å²) in [6.07, 6.45) is 2.57. The molecule has 1 saturated heterocycles. The van der Waals surface area contributed by atoms with E-state index in [9.17, 15) is 0 Å². The van der Waals surface area contributed by atoms with Crippen molar-refractivity contribution < 1.29 is 4.74 Å². The molecule has 1 aliphatic rings. The molecule has 2 rings (SSSR count). The molecule has 3 heteroatoms. The van der Waals surface area contributed by atoms with Crippen molar-refractivity contribution in [1.82, 2.24) is 4.90 Å². The van der Waals surface area contributed by atoms with Crippen LogP contribution < -0.4 is 10.5 Å². The van der Waals surface area contributed by atoms with E-state index in [4.69, 9.17) is 10.5 Å². The van der Waals surface area contributed by atoms with E-state index in [2.05, 4.69) is 31.7 Å². The standard InChI is InChI=1S/C18H30N2O/c1-18(2,3)15-8-10-20(11-9-15)13-17(19)14-6-5-7-16(12-14)21-4/h5-7,12,15,17H,8-11,13,19H2,1-4H3. The highest BCUT2D eigenvalue weighted by Crippen LogP contribution is 2.34. The molecule has 0 aromatic heterocycles. The summed E-state index contributed by atoms with van der Waals surface area (Å²) >= 11 is 0. The number of nitrogens with two attached hydrogens (primary N) is 1. The van der Waals surface area contributed by atoms with E-state index in [-0.39, 0.29) is 6.04 Å². The van der Waals surface area contributed by atoms with E-state index in [0.29, 0.717) is 5.41 Å². The van der Waals surface area contributed by atoms with Crippen molar-refractivity contribution in [1.29, 1.82) is 0 Å². The average molecular weight is 290 g/mol. The van der Waals surface area contributed by atoms with Crippen molar-refractivity contribution >= 4 is 0 Å². The van der Waals surface area contributed by atoms with Gasteiger partial charge in [-0.2, -0.15) is 0 Å². The zero-order chi connectivity index (χ0) is 15.5. The Hall–Kier alpha value is -1.06. The number of hydrogen-bond acceptors (Lipinski definition) is 3. The van der Waals surface area contributed by atoms with Gasteiger partial charge in [0.15, 0.2) is 0 Å². The van der Waals surface area contributed by atoms with Gasteiger partial charge in [0.2, 0.25) is 0 Å². The van der Waals surface area contributed by atoms with E-state index in [1.807, 2.05) is 18.2 Å². The van der Waals surface area contributed by atoms with Gasteiger partial charge in [0.25, 0.3) is 0 Å². The highest BCUT2D eigenvalue weighted by Gasteiger charge is 2.29. The van der Waals surface area contributed by atoms with Crippen LogP contribution in [0, 0.1) is 11.3 Å². The minimum atomic E-state index is 0.0614. The lowest BCUT2D eigenvalue weighted by Crippen LogP contribution is -2.41. The minimum Gasteiger partial charge on any atom is -0.497 e. The molecule has 0 radical (unpaired) electrons. The van der Waals surface area contributed by atoms with Crippen LogP contribution in [0.15, 0.2) is 24.3 Å². The number of likely N-dealkylation sites (tertiary alicyclic amines) is 1. The fourth-order valence-corrected chi connectivity index (χ4v) is 3.24. The molecule has 0 bridgehead atoms. The summed E-state index contributed by atoms with van der Waals surface area (Å²) in [6.45, 7) is 10.3. The van der Waals surface area contributed by atoms with Crippen LogP contribution in [0.2, 0.25) is 0 Å². The molecule has 118 valence electrons. The Labute approximate surface area is 129 Å². The maximum absolute atomic E-state index is 6.37. The van der Waals surface area contributed by atoms with Crippen LogP contribution >= 0.6 is 0 Å². The van der Waals surface area contributed by atoms with Crippen molar-refractivity contribution in [2.45, 2.75) is 39.7 Å². The van der Waals surface area contributed by atoms with Crippen molar-refractivity contribution in [3.05, 3.63) is 29.8 Å². The predicted octanol–water partition coefficient (Wildman–Crippen LogP) is 3.45. The average Bonchev–Trinajstić information content (AvgIpc) is 2.47. The Balaban J connectivity index is 1.88. The Bertz CT molecular complexity index is 445. The molecule has 1 fully saturated rings. The van der Waals surface area contributed by atoms with Crippen molar-refractivity contribution in [2.75, 3.05) is 26.7 Å². The fraction of sp³-hybridized carbons (Fsp3) is 0.667. The van der Waals surface area contributed by atoms with Gasteiger partial charge in [0, 0.05) is 12.6 Å². The highest BCUT2D eigenvalue weighted by molar-refractivity contribution is 5.30. The van der Waals surface area contributed by atoms with E-state index < -0.39 is 0 Å². The first kappa shape index (κ1) is 16.3. The van der Waals surface area contributed by atoms with Crippen LogP contribution in [0.25, 0.3) is 0 Å². The second-order valence-corrected chi connectivity index (χ2v) is 7.32. The number of ether oxygens (including phenoxy) is 1. The summed E-state index contributed by atoms with van der Waals surface area (Å²) in [5, 5.41) is 0. The zero-order valence-corrected chi connectivity index (χ0v) is 13.9. The number of rotatable bonds is 4. The molecule has 0 amide bonds. The Kier molecular flexibility index (Phi) is 5.28. The quantitative estimate of drug-likeness (QED) is 0.923. The van der Waals surface area contributed by atoms with Crippen LogP contribution in [0.3, 0.4) is 0 Å². The third-order valence-electron chi connectivity index (χ3n) is 4.79. The van der Waals surface area contributed by atoms with Gasteiger partial charge in [-0.15, -0.1) is 0 Å². The summed E-state index contributed by atoms with van der Waals surface area (Å²) < 4.78 is 5.28. The summed E-state index contributed by atoms with van der Waals surface area (Å²) in [5.41, 5.74) is 7.96. The smallest absolute Gasteiger partial charge is 0.119 e. The van der Waals surface area contributed by atoms with E-state index in [1.165, 1.54) is 25.9 Å². The number of piperidine rings is 1. The Morgan fingerprint density at radius 1 is 1.29 bits per heavy atom. The van der Waals surface area contributed by atoms with Crippen LogP contribution in [0.1, 0.15) is 45.2 Å². The molecule has 1 heterocycles. The maximum atomic E-state index is 6.37. The molecule has 0 saturated carbocycles. The second kappa shape index (κ2) is 6.80. The summed E-state index contributed by atoms with van der Waals surface area (Å²) in [7, 11) is 1.70. The van der Waals surface area contributed by atoms with E-state index >= 15 is 0 Å². The van der Waals surface area contributed by atoms with Gasteiger partial charge in [-0.05, 0) is 55.0 Å². The van der Waals surface area contributed by atoms with E-state index in [1.54, 1.807) is 7.11 Å². The lowest BCUT2D eigenvalue weighted by molar-refractivity contribution is 0.108. The fourth-order valence-electron chi connectivity index (χ4n) is 3.24. The molecule has 2 N–H and O–H groups in total. The van der Waals surface area contributed by atoms with Crippen molar-refractivity contribution in [3.8, 4) is 5.75 Å². The summed E-state index contributed by atoms with van der Waals surface area (Å²) in [6, 6.07) is 8.18. The van der Waals surface area contributed by atoms with Crippen molar-refractivity contribution in [3.63, 3.8) is 0 Å². The van der Waals surface area contributed by atoms with Crippen LogP contribution in [-0.2, 0) is 0 Å². The molecule has 1 aromatic carbocycles. The normalized spacial score (nSPS) is 19.5. The molecule has 3 nitrogen and oxygen atoms in total. The first-order chi connectivity index (χ1) is 9.90. The molecule has 1 atom stereocenters. The van der Waals surface area contributed by atoms with E-state index in [0.717, 1.165) is 23.8 Å². The third-order valence-corrected chi connectivity index (χ3v) is 4.79. The maximum Gasteiger partial charge on any atom is 0.119 e. The van der Waals surface area contributed by atoms with Gasteiger partial charge < -0.3 is 15.4 Å². The largest absolute Gasteiger partial charge is 0.497 e. The van der Waals surface area contributed by atoms with Gasteiger partial charge in [-0.1, -0.05) is 32.9 Å². The minimum absolute atomic E-state index is 0.0614. The number of methoxy groups -OCH3 is 1. The first-order valence-electron chi connectivity index (χ1n) is 8.02. The summed E-state index contributed by atoms with van der Waals surface area (Å²) in [5.74, 6) is 1.72. The lowest BCUT2D eigenvalue weighted by atomic mass is 9.75. The van der Waals surface area contributed by atoms with Crippen LogP contribution in [0.4, 0.5) is 0 Å². The molecular formula is C18H30N2O. The first-order valence-corrected chi connectivity index (χ1v) is 8.02. The summed E-state index contributed by atoms with van der Waals surface area (Å²) in [4.78, 5) is 2.51. The lowest BCUT2D eigenvalue weighted by Gasteiger charge is -2.39. The molecule has 0 spiro atoms. The molecule has 21 heavy (non-hydrogen) atoms. The molecule has 1 unspecified atom stereocenters. The van der Waals surface area contributed by atoms with Crippen LogP contribution in [0.5, 0.6) is 5.75 Å². The van der Waals surface area contributed by atoms with Gasteiger partial charge in [0.05, 0.1) is 7.11 Å². The molecule has 1 aromatic rings. The number of hydrogen-bond donors (Lipinski definition) is 1. The van der Waals surface area contributed by atoms with Gasteiger partial charge in [-0.25, -0.2) is 0 Å².